The summed E-state index contributed by atoms with van der Waals surface area (Å²) in [7, 11) is 0. The molecule has 1 aliphatic heterocycles. The van der Waals surface area contributed by atoms with Gasteiger partial charge in [-0.05, 0) is 37.3 Å². The van der Waals surface area contributed by atoms with Crippen molar-refractivity contribution in [2.45, 2.75) is 53.4 Å². The molecule has 1 atom stereocenters. The number of carboxylic acid groups (broad SMARTS) is 1. The summed E-state index contributed by atoms with van der Waals surface area (Å²) in [4.78, 5) is 28.6. The lowest BCUT2D eigenvalue weighted by atomic mass is 9.96. The largest absolute Gasteiger partial charge is 0.480 e. The van der Waals surface area contributed by atoms with E-state index in [1.807, 2.05) is 22.8 Å². The van der Waals surface area contributed by atoms with Crippen molar-refractivity contribution in [1.29, 1.82) is 0 Å². The smallest absolute Gasteiger partial charge is 0.317 e. The molecule has 0 spiro atoms. The van der Waals surface area contributed by atoms with Gasteiger partial charge in [0.25, 0.3) is 0 Å². The zero-order valence-corrected chi connectivity index (χ0v) is 20.7. The number of aryl methyl sites for hydroxylation is 1. The molecule has 1 aromatic carbocycles. The van der Waals surface area contributed by atoms with Crippen molar-refractivity contribution in [3.63, 3.8) is 0 Å². The lowest BCUT2D eigenvalue weighted by Crippen LogP contribution is -2.48. The standard InChI is InChI=1S/C26H36FN5O2/c1-5-7-18(3)23(8-6-2)30-24-14-22(27)21(13-19(24)4)20-15-28-26(29-16-20)32-11-9-31(10-12-32)17-25(33)34/h13-16,18H,5-12,17H2,1-4H3,(H,33,34)/b30-23+. The lowest BCUT2D eigenvalue weighted by molar-refractivity contribution is -0.138. The number of benzene rings is 1. The highest BCUT2D eigenvalue weighted by Crippen LogP contribution is 2.31. The van der Waals surface area contributed by atoms with Crippen LogP contribution in [0.3, 0.4) is 0 Å². The van der Waals surface area contributed by atoms with Crippen molar-refractivity contribution >= 4 is 23.3 Å². The van der Waals surface area contributed by atoms with Crippen molar-refractivity contribution in [3.8, 4) is 11.1 Å². The fourth-order valence-corrected chi connectivity index (χ4v) is 4.36. The number of piperazine rings is 1. The minimum Gasteiger partial charge on any atom is -0.480 e. The zero-order chi connectivity index (χ0) is 24.7. The van der Waals surface area contributed by atoms with Gasteiger partial charge in [-0.3, -0.25) is 14.7 Å². The first kappa shape index (κ1) is 25.7. The summed E-state index contributed by atoms with van der Waals surface area (Å²) in [6.45, 7) is 11.1. The summed E-state index contributed by atoms with van der Waals surface area (Å²) < 4.78 is 15.1. The number of carbonyl (C=O) groups is 1. The number of nitrogens with zero attached hydrogens (tertiary/aromatic N) is 5. The molecular formula is C26H36FN5O2. The Labute approximate surface area is 201 Å². The van der Waals surface area contributed by atoms with Crippen LogP contribution in [0.2, 0.25) is 0 Å². The average Bonchev–Trinajstić information content (AvgIpc) is 2.81. The van der Waals surface area contributed by atoms with Crippen molar-refractivity contribution < 1.29 is 14.3 Å². The van der Waals surface area contributed by atoms with Gasteiger partial charge in [0, 0.05) is 61.5 Å². The van der Waals surface area contributed by atoms with Crippen molar-refractivity contribution in [2.24, 2.45) is 10.9 Å². The van der Waals surface area contributed by atoms with Crippen LogP contribution in [-0.2, 0) is 4.79 Å². The number of anilines is 1. The van der Waals surface area contributed by atoms with E-state index in [2.05, 4.69) is 30.7 Å². The topological polar surface area (TPSA) is 81.9 Å². The molecule has 0 saturated carbocycles. The molecule has 1 aliphatic rings. The number of halogens is 1. The third-order valence-electron chi connectivity index (χ3n) is 6.31. The molecule has 0 bridgehead atoms. The van der Waals surface area contributed by atoms with Gasteiger partial charge in [0.2, 0.25) is 5.95 Å². The van der Waals surface area contributed by atoms with E-state index in [0.29, 0.717) is 54.9 Å². The molecule has 0 aliphatic carbocycles. The first-order chi connectivity index (χ1) is 16.3. The molecule has 3 rings (SSSR count). The summed E-state index contributed by atoms with van der Waals surface area (Å²) >= 11 is 0. The normalized spacial score (nSPS) is 16.0. The van der Waals surface area contributed by atoms with Crippen LogP contribution in [0.1, 0.15) is 52.0 Å². The summed E-state index contributed by atoms with van der Waals surface area (Å²) in [5.74, 6) is -0.188. The second-order valence-corrected chi connectivity index (χ2v) is 9.09. The number of aliphatic carboxylic acids is 1. The van der Waals surface area contributed by atoms with Crippen LogP contribution in [-0.4, -0.2) is 64.4 Å². The average molecular weight is 470 g/mol. The highest BCUT2D eigenvalue weighted by Gasteiger charge is 2.21. The van der Waals surface area contributed by atoms with E-state index in [0.717, 1.165) is 37.0 Å². The molecule has 8 heteroatoms. The van der Waals surface area contributed by atoms with Gasteiger partial charge in [-0.1, -0.05) is 33.6 Å². The van der Waals surface area contributed by atoms with Crippen LogP contribution < -0.4 is 4.90 Å². The highest BCUT2D eigenvalue weighted by molar-refractivity contribution is 5.89. The Morgan fingerprint density at radius 3 is 2.41 bits per heavy atom. The maximum atomic E-state index is 15.1. The minimum atomic E-state index is -0.819. The Morgan fingerprint density at radius 2 is 1.82 bits per heavy atom. The molecule has 0 amide bonds. The van der Waals surface area contributed by atoms with Crippen molar-refractivity contribution in [3.05, 3.63) is 35.9 Å². The predicted octanol–water partition coefficient (Wildman–Crippen LogP) is 5.11. The van der Waals surface area contributed by atoms with E-state index in [1.54, 1.807) is 12.4 Å². The summed E-state index contributed by atoms with van der Waals surface area (Å²) in [6, 6.07) is 3.35. The maximum Gasteiger partial charge on any atom is 0.317 e. The molecule has 184 valence electrons. The number of hydrogen-bond donors (Lipinski definition) is 1. The SMILES string of the molecule is CCC/C(=N\c1cc(F)c(-c2cnc(N3CCN(CC(=O)O)CC3)nc2)cc1C)C(C)CCC. The van der Waals surface area contributed by atoms with Crippen LogP contribution in [0.4, 0.5) is 16.0 Å². The molecule has 1 unspecified atom stereocenters. The fourth-order valence-electron chi connectivity index (χ4n) is 4.36. The summed E-state index contributed by atoms with van der Waals surface area (Å²) in [5, 5.41) is 8.94. The van der Waals surface area contributed by atoms with Crippen LogP contribution in [0.25, 0.3) is 11.1 Å². The van der Waals surface area contributed by atoms with Crippen LogP contribution in [0, 0.1) is 18.7 Å². The van der Waals surface area contributed by atoms with E-state index < -0.39 is 5.97 Å². The predicted molar refractivity (Wildman–Crippen MR) is 135 cm³/mol. The Kier molecular flexibility index (Phi) is 9.10. The third-order valence-corrected chi connectivity index (χ3v) is 6.31. The Bertz CT molecular complexity index is 1000. The number of aromatic nitrogens is 2. The van der Waals surface area contributed by atoms with Crippen LogP contribution >= 0.6 is 0 Å². The maximum absolute atomic E-state index is 15.1. The Morgan fingerprint density at radius 1 is 1.15 bits per heavy atom. The third kappa shape index (κ3) is 6.59. The van der Waals surface area contributed by atoms with E-state index >= 15 is 4.39 Å². The zero-order valence-electron chi connectivity index (χ0n) is 20.7. The molecule has 34 heavy (non-hydrogen) atoms. The molecule has 1 saturated heterocycles. The first-order valence-electron chi connectivity index (χ1n) is 12.2. The lowest BCUT2D eigenvalue weighted by Gasteiger charge is -2.33. The molecule has 2 heterocycles. The molecule has 1 N–H and O–H groups in total. The molecule has 0 radical (unpaired) electrons. The number of rotatable bonds is 10. The molecule has 7 nitrogen and oxygen atoms in total. The monoisotopic (exact) mass is 469 g/mol. The van der Waals surface area contributed by atoms with E-state index in [1.165, 1.54) is 6.07 Å². The van der Waals surface area contributed by atoms with E-state index in [9.17, 15) is 4.79 Å². The van der Waals surface area contributed by atoms with Crippen molar-refractivity contribution in [2.75, 3.05) is 37.6 Å². The van der Waals surface area contributed by atoms with Gasteiger partial charge in [-0.2, -0.15) is 0 Å². The van der Waals surface area contributed by atoms with Gasteiger partial charge in [0.05, 0.1) is 12.2 Å². The van der Waals surface area contributed by atoms with Crippen molar-refractivity contribution in [1.82, 2.24) is 14.9 Å². The number of carboxylic acids is 1. The van der Waals surface area contributed by atoms with Gasteiger partial charge < -0.3 is 10.0 Å². The van der Waals surface area contributed by atoms with E-state index in [4.69, 9.17) is 10.1 Å². The molecule has 1 fully saturated rings. The highest BCUT2D eigenvalue weighted by atomic mass is 19.1. The molecule has 1 aromatic heterocycles. The van der Waals surface area contributed by atoms with Gasteiger partial charge in [0.1, 0.15) is 5.82 Å². The quantitative estimate of drug-likeness (QED) is 0.487. The van der Waals surface area contributed by atoms with Gasteiger partial charge in [-0.25, -0.2) is 14.4 Å². The fraction of sp³-hybridized carbons (Fsp3) is 0.538. The molecular weight excluding hydrogens is 433 g/mol. The van der Waals surface area contributed by atoms with E-state index in [-0.39, 0.29) is 12.4 Å². The second kappa shape index (κ2) is 12.0. The number of aliphatic imine (C=N–C) groups is 1. The minimum absolute atomic E-state index is 0.0454. The van der Waals surface area contributed by atoms with Gasteiger partial charge in [0.15, 0.2) is 0 Å². The van der Waals surface area contributed by atoms with Gasteiger partial charge in [-0.15, -0.1) is 0 Å². The van der Waals surface area contributed by atoms with Gasteiger partial charge >= 0.3 is 5.97 Å². The summed E-state index contributed by atoms with van der Waals surface area (Å²) in [6.07, 6.45) is 7.42. The Hall–Kier alpha value is -2.87. The first-order valence-corrected chi connectivity index (χ1v) is 12.2. The summed E-state index contributed by atoms with van der Waals surface area (Å²) in [5.41, 5.74) is 3.83. The van der Waals surface area contributed by atoms with Crippen LogP contribution in [0.5, 0.6) is 0 Å². The molecule has 2 aromatic rings. The van der Waals surface area contributed by atoms with Crippen LogP contribution in [0.15, 0.2) is 29.5 Å². The second-order valence-electron chi connectivity index (χ2n) is 9.09. The Balaban J connectivity index is 1.76. The number of hydrogen-bond acceptors (Lipinski definition) is 6.